The maximum Gasteiger partial charge on any atom is 0.162 e. The van der Waals surface area contributed by atoms with Crippen LogP contribution < -0.4 is 0 Å². The molecule has 0 saturated heterocycles. The molecule has 1 nitrogen and oxygen atoms in total. The summed E-state index contributed by atoms with van der Waals surface area (Å²) in [6, 6.07) is 0. The molecule has 0 radical (unpaired) electrons. The predicted molar refractivity (Wildman–Crippen MR) is 64.6 cm³/mol. The highest BCUT2D eigenvalue weighted by atomic mass is 16.1. The van der Waals surface area contributed by atoms with E-state index in [4.69, 9.17) is 0 Å². The molecule has 0 fully saturated rings. The van der Waals surface area contributed by atoms with Crippen LogP contribution in [-0.2, 0) is 4.79 Å². The first-order valence-corrected chi connectivity index (χ1v) is 5.74. The first kappa shape index (κ1) is 12.2. The molecule has 0 aromatic rings. The summed E-state index contributed by atoms with van der Waals surface area (Å²) in [4.78, 5) is 12.0. The Morgan fingerprint density at radius 1 is 1.53 bits per heavy atom. The number of carbonyl (C=O) groups is 1. The van der Waals surface area contributed by atoms with E-state index in [1.807, 2.05) is 13.0 Å². The van der Waals surface area contributed by atoms with E-state index in [2.05, 4.69) is 33.8 Å². The summed E-state index contributed by atoms with van der Waals surface area (Å²) in [5.74, 6) is 0.889. The molecule has 0 spiro atoms. The summed E-state index contributed by atoms with van der Waals surface area (Å²) < 4.78 is 0. The van der Waals surface area contributed by atoms with Gasteiger partial charge in [-0.1, -0.05) is 38.5 Å². The van der Waals surface area contributed by atoms with E-state index in [1.165, 1.54) is 5.57 Å². The molecule has 0 aliphatic heterocycles. The largest absolute Gasteiger partial charge is 0.294 e. The highest BCUT2D eigenvalue weighted by molar-refractivity contribution is 5.94. The Bertz CT molecular complexity index is 307. The van der Waals surface area contributed by atoms with Crippen LogP contribution in [0, 0.1) is 17.3 Å². The number of carbonyl (C=O) groups excluding carboxylic acids is 1. The molecule has 0 saturated carbocycles. The molecule has 1 rings (SSSR count). The van der Waals surface area contributed by atoms with Crippen LogP contribution in [0.15, 0.2) is 23.8 Å². The topological polar surface area (TPSA) is 17.1 Å². The second-order valence-corrected chi connectivity index (χ2v) is 5.24. The normalized spacial score (nSPS) is 30.3. The molecule has 0 bridgehead atoms. The molecule has 0 aromatic carbocycles. The van der Waals surface area contributed by atoms with Crippen molar-refractivity contribution in [3.63, 3.8) is 0 Å². The van der Waals surface area contributed by atoms with Crippen LogP contribution in [0.3, 0.4) is 0 Å². The number of ketones is 1. The fourth-order valence-corrected chi connectivity index (χ4v) is 2.51. The van der Waals surface area contributed by atoms with Crippen molar-refractivity contribution in [2.24, 2.45) is 17.3 Å². The van der Waals surface area contributed by atoms with E-state index in [1.54, 1.807) is 6.08 Å². The van der Waals surface area contributed by atoms with E-state index in [0.717, 1.165) is 6.42 Å². The van der Waals surface area contributed by atoms with Crippen molar-refractivity contribution in [1.82, 2.24) is 0 Å². The summed E-state index contributed by atoms with van der Waals surface area (Å²) in [6.45, 7) is 10.6. The van der Waals surface area contributed by atoms with Crippen molar-refractivity contribution < 1.29 is 4.79 Å². The molecule has 0 heterocycles. The number of allylic oxidation sites excluding steroid dienone is 4. The number of hydrogen-bond acceptors (Lipinski definition) is 1. The minimum Gasteiger partial charge on any atom is -0.294 e. The van der Waals surface area contributed by atoms with E-state index in [-0.39, 0.29) is 17.1 Å². The van der Waals surface area contributed by atoms with Gasteiger partial charge in [-0.25, -0.2) is 0 Å². The third-order valence-electron chi connectivity index (χ3n) is 3.88. The lowest BCUT2D eigenvalue weighted by Crippen LogP contribution is -2.38. The van der Waals surface area contributed by atoms with Gasteiger partial charge in [-0.2, -0.15) is 0 Å². The minimum atomic E-state index is 0.0671. The fourth-order valence-electron chi connectivity index (χ4n) is 2.51. The monoisotopic (exact) mass is 206 g/mol. The fraction of sp³-hybridized carbons (Fsp3) is 0.643. The number of hydrogen-bond donors (Lipinski definition) is 0. The second-order valence-electron chi connectivity index (χ2n) is 5.24. The van der Waals surface area contributed by atoms with Crippen molar-refractivity contribution in [3.8, 4) is 0 Å². The van der Waals surface area contributed by atoms with Gasteiger partial charge in [0.15, 0.2) is 5.78 Å². The third-order valence-corrected chi connectivity index (χ3v) is 3.88. The molecular weight excluding hydrogens is 184 g/mol. The van der Waals surface area contributed by atoms with Gasteiger partial charge >= 0.3 is 0 Å². The molecule has 84 valence electrons. The first-order valence-electron chi connectivity index (χ1n) is 5.74. The predicted octanol–water partition coefficient (Wildman–Crippen LogP) is 3.76. The van der Waals surface area contributed by atoms with Gasteiger partial charge in [0, 0.05) is 5.92 Å². The minimum absolute atomic E-state index is 0.0671. The number of rotatable bonds is 2. The lowest BCUT2D eigenvalue weighted by molar-refractivity contribution is -0.121. The van der Waals surface area contributed by atoms with Crippen LogP contribution in [0.1, 0.15) is 41.0 Å². The SMILES string of the molecule is C/C=C/C(=O)[C@@H]1C(C)=CC[C@@H](C)C1(C)C. The van der Waals surface area contributed by atoms with Gasteiger partial charge in [0.05, 0.1) is 0 Å². The Kier molecular flexibility index (Phi) is 3.54. The van der Waals surface area contributed by atoms with Gasteiger partial charge in [-0.3, -0.25) is 4.79 Å². The Labute approximate surface area is 93.3 Å². The van der Waals surface area contributed by atoms with Crippen molar-refractivity contribution >= 4 is 5.78 Å². The molecule has 2 atom stereocenters. The average Bonchev–Trinajstić information content (AvgIpc) is 2.12. The molecule has 1 aliphatic carbocycles. The average molecular weight is 206 g/mol. The smallest absolute Gasteiger partial charge is 0.162 e. The van der Waals surface area contributed by atoms with Gasteiger partial charge in [0.25, 0.3) is 0 Å². The van der Waals surface area contributed by atoms with E-state index >= 15 is 0 Å². The molecule has 1 aliphatic rings. The van der Waals surface area contributed by atoms with Gasteiger partial charge in [0.2, 0.25) is 0 Å². The van der Waals surface area contributed by atoms with Crippen LogP contribution in [0.25, 0.3) is 0 Å². The van der Waals surface area contributed by atoms with Crippen LogP contribution in [0.4, 0.5) is 0 Å². The van der Waals surface area contributed by atoms with E-state index < -0.39 is 0 Å². The van der Waals surface area contributed by atoms with Crippen molar-refractivity contribution in [2.75, 3.05) is 0 Å². The van der Waals surface area contributed by atoms with E-state index in [9.17, 15) is 4.79 Å². The molecule has 0 unspecified atom stereocenters. The summed E-state index contributed by atoms with van der Waals surface area (Å²) in [5, 5.41) is 0. The standard InChI is InChI=1S/C14H22O/c1-6-7-12(15)13-10(2)8-9-11(3)14(13,4)5/h6-8,11,13H,9H2,1-5H3/b7-6+/t11-,13+/m1/s1. The van der Waals surface area contributed by atoms with Crippen LogP contribution in [-0.4, -0.2) is 5.78 Å². The van der Waals surface area contributed by atoms with Crippen LogP contribution in [0.5, 0.6) is 0 Å². The summed E-state index contributed by atoms with van der Waals surface area (Å²) >= 11 is 0. The Morgan fingerprint density at radius 3 is 2.67 bits per heavy atom. The van der Waals surface area contributed by atoms with E-state index in [0.29, 0.717) is 5.92 Å². The second kappa shape index (κ2) is 4.34. The van der Waals surface area contributed by atoms with Crippen LogP contribution >= 0.6 is 0 Å². The molecule has 0 amide bonds. The van der Waals surface area contributed by atoms with Crippen molar-refractivity contribution in [3.05, 3.63) is 23.8 Å². The van der Waals surface area contributed by atoms with Gasteiger partial charge in [-0.15, -0.1) is 0 Å². The maximum absolute atomic E-state index is 12.0. The molecular formula is C14H22O. The lowest BCUT2D eigenvalue weighted by atomic mass is 9.61. The van der Waals surface area contributed by atoms with Crippen LogP contribution in [0.2, 0.25) is 0 Å². The molecule has 15 heavy (non-hydrogen) atoms. The lowest BCUT2D eigenvalue weighted by Gasteiger charge is -2.42. The Morgan fingerprint density at radius 2 is 2.13 bits per heavy atom. The van der Waals surface area contributed by atoms with Gasteiger partial charge < -0.3 is 0 Å². The summed E-state index contributed by atoms with van der Waals surface area (Å²) in [6.07, 6.45) is 6.87. The molecule has 0 aromatic heterocycles. The summed E-state index contributed by atoms with van der Waals surface area (Å²) in [7, 11) is 0. The van der Waals surface area contributed by atoms with Crippen molar-refractivity contribution in [2.45, 2.75) is 41.0 Å². The zero-order valence-electron chi connectivity index (χ0n) is 10.5. The zero-order valence-corrected chi connectivity index (χ0v) is 10.5. The molecule has 1 heteroatoms. The highest BCUT2D eigenvalue weighted by Gasteiger charge is 2.41. The van der Waals surface area contributed by atoms with Crippen molar-refractivity contribution in [1.29, 1.82) is 0 Å². The zero-order chi connectivity index (χ0) is 11.6. The van der Waals surface area contributed by atoms with Gasteiger partial charge in [0.1, 0.15) is 0 Å². The maximum atomic E-state index is 12.0. The quantitative estimate of drug-likeness (QED) is 0.496. The third kappa shape index (κ3) is 2.22. The van der Waals surface area contributed by atoms with Gasteiger partial charge in [-0.05, 0) is 37.7 Å². The Hall–Kier alpha value is -0.850. The highest BCUT2D eigenvalue weighted by Crippen LogP contribution is 2.45. The summed E-state index contributed by atoms with van der Waals surface area (Å²) in [5.41, 5.74) is 1.32. The molecule has 0 N–H and O–H groups in total. The Balaban J connectivity index is 3.06. The first-order chi connectivity index (χ1) is 6.91.